The van der Waals surface area contributed by atoms with Gasteiger partial charge < -0.3 is 15.4 Å². The van der Waals surface area contributed by atoms with Crippen LogP contribution in [-0.2, 0) is 10.2 Å². The molecule has 2 N–H and O–H groups in total. The fourth-order valence-electron chi connectivity index (χ4n) is 3.41. The number of rotatable bonds is 5. The highest BCUT2D eigenvalue weighted by molar-refractivity contribution is 5.43. The summed E-state index contributed by atoms with van der Waals surface area (Å²) in [6.45, 7) is 3.15. The molecule has 0 bridgehead atoms. The first kappa shape index (κ1) is 13.9. The van der Waals surface area contributed by atoms with Crippen LogP contribution in [0.15, 0.2) is 24.3 Å². The second-order valence-corrected chi connectivity index (χ2v) is 6.59. The van der Waals surface area contributed by atoms with Crippen LogP contribution >= 0.6 is 0 Å². The van der Waals surface area contributed by atoms with Gasteiger partial charge in [0.25, 0.3) is 0 Å². The van der Waals surface area contributed by atoms with Crippen molar-refractivity contribution in [3.63, 3.8) is 0 Å². The van der Waals surface area contributed by atoms with Crippen molar-refractivity contribution in [3.8, 4) is 0 Å². The van der Waals surface area contributed by atoms with Crippen LogP contribution in [0.1, 0.15) is 37.7 Å². The van der Waals surface area contributed by atoms with Gasteiger partial charge in [-0.3, -0.25) is 0 Å². The van der Waals surface area contributed by atoms with E-state index in [4.69, 9.17) is 10.5 Å². The van der Waals surface area contributed by atoms with Gasteiger partial charge in [-0.05, 0) is 56.8 Å². The Hall–Kier alpha value is -1.06. The first-order valence-electron chi connectivity index (χ1n) is 7.84. The van der Waals surface area contributed by atoms with E-state index in [0.717, 1.165) is 25.4 Å². The standard InChI is InChI=1S/C17H26N2O/c1-19(12-16-4-2-3-11-20-16)13-17(9-10-17)14-5-7-15(18)8-6-14/h5-8,16H,2-4,9-13,18H2,1H3. The van der Waals surface area contributed by atoms with E-state index in [1.54, 1.807) is 0 Å². The molecular weight excluding hydrogens is 248 g/mol. The van der Waals surface area contributed by atoms with Crippen molar-refractivity contribution < 1.29 is 4.74 Å². The lowest BCUT2D eigenvalue weighted by molar-refractivity contribution is -0.00263. The van der Waals surface area contributed by atoms with E-state index in [0.29, 0.717) is 11.5 Å². The van der Waals surface area contributed by atoms with Gasteiger partial charge in [0.15, 0.2) is 0 Å². The number of anilines is 1. The SMILES string of the molecule is CN(CC1CCCCO1)CC1(c2ccc(N)cc2)CC1. The number of ether oxygens (including phenoxy) is 1. The normalized spacial score (nSPS) is 24.8. The average Bonchev–Trinajstić information content (AvgIpc) is 3.21. The third kappa shape index (κ3) is 3.15. The van der Waals surface area contributed by atoms with E-state index >= 15 is 0 Å². The lowest BCUT2D eigenvalue weighted by Gasteiger charge is -2.30. The zero-order chi connectivity index (χ0) is 14.0. The highest BCUT2D eigenvalue weighted by Gasteiger charge is 2.44. The van der Waals surface area contributed by atoms with E-state index in [1.165, 1.54) is 37.7 Å². The average molecular weight is 274 g/mol. The lowest BCUT2D eigenvalue weighted by atomic mass is 9.95. The number of likely N-dealkylation sites (N-methyl/N-ethyl adjacent to an activating group) is 1. The summed E-state index contributed by atoms with van der Waals surface area (Å²) in [4.78, 5) is 2.46. The molecule has 1 heterocycles. The van der Waals surface area contributed by atoms with Gasteiger partial charge in [0.05, 0.1) is 6.10 Å². The molecule has 2 aliphatic rings. The Morgan fingerprint density at radius 2 is 2.00 bits per heavy atom. The van der Waals surface area contributed by atoms with Gasteiger partial charge in [-0.25, -0.2) is 0 Å². The Kier molecular flexibility index (Phi) is 3.99. The minimum Gasteiger partial charge on any atom is -0.399 e. The van der Waals surface area contributed by atoms with Gasteiger partial charge >= 0.3 is 0 Å². The monoisotopic (exact) mass is 274 g/mol. The predicted octanol–water partition coefficient (Wildman–Crippen LogP) is 2.80. The fraction of sp³-hybridized carbons (Fsp3) is 0.647. The Morgan fingerprint density at radius 3 is 2.60 bits per heavy atom. The quantitative estimate of drug-likeness (QED) is 0.839. The molecule has 3 heteroatoms. The van der Waals surface area contributed by atoms with Crippen LogP contribution in [0.2, 0.25) is 0 Å². The van der Waals surface area contributed by atoms with Gasteiger partial charge in [-0.15, -0.1) is 0 Å². The molecular formula is C17H26N2O. The van der Waals surface area contributed by atoms with Crippen LogP contribution in [0.5, 0.6) is 0 Å². The highest BCUT2D eigenvalue weighted by Crippen LogP contribution is 2.48. The molecule has 110 valence electrons. The zero-order valence-electron chi connectivity index (χ0n) is 12.5. The van der Waals surface area contributed by atoms with Crippen molar-refractivity contribution in [3.05, 3.63) is 29.8 Å². The molecule has 3 rings (SSSR count). The summed E-state index contributed by atoms with van der Waals surface area (Å²) >= 11 is 0. The van der Waals surface area contributed by atoms with E-state index in [2.05, 4.69) is 24.1 Å². The Morgan fingerprint density at radius 1 is 1.25 bits per heavy atom. The smallest absolute Gasteiger partial charge is 0.0701 e. The molecule has 1 aromatic carbocycles. The van der Waals surface area contributed by atoms with Gasteiger partial charge in [0.2, 0.25) is 0 Å². The Balaban J connectivity index is 1.57. The second kappa shape index (κ2) is 5.74. The highest BCUT2D eigenvalue weighted by atomic mass is 16.5. The first-order chi connectivity index (χ1) is 9.68. The van der Waals surface area contributed by atoms with Crippen molar-refractivity contribution in [1.29, 1.82) is 0 Å². The summed E-state index contributed by atoms with van der Waals surface area (Å²) in [5.74, 6) is 0. The molecule has 1 aliphatic carbocycles. The molecule has 1 aromatic rings. The van der Waals surface area contributed by atoms with Crippen LogP contribution in [0.3, 0.4) is 0 Å². The van der Waals surface area contributed by atoms with E-state index < -0.39 is 0 Å². The summed E-state index contributed by atoms with van der Waals surface area (Å²) in [5.41, 5.74) is 8.46. The third-order valence-electron chi connectivity index (χ3n) is 4.74. The molecule has 1 atom stereocenters. The molecule has 3 nitrogen and oxygen atoms in total. The number of nitrogens with two attached hydrogens (primary N) is 1. The third-order valence-corrected chi connectivity index (χ3v) is 4.74. The maximum Gasteiger partial charge on any atom is 0.0701 e. The summed E-state index contributed by atoms with van der Waals surface area (Å²) < 4.78 is 5.85. The maximum absolute atomic E-state index is 5.85. The van der Waals surface area contributed by atoms with Crippen LogP contribution in [0, 0.1) is 0 Å². The second-order valence-electron chi connectivity index (χ2n) is 6.59. The molecule has 0 radical (unpaired) electrons. The van der Waals surface area contributed by atoms with Crippen LogP contribution < -0.4 is 5.73 Å². The Bertz CT molecular complexity index is 433. The number of hydrogen-bond donors (Lipinski definition) is 1. The van der Waals surface area contributed by atoms with Crippen molar-refractivity contribution in [2.45, 2.75) is 43.6 Å². The van der Waals surface area contributed by atoms with Crippen LogP contribution in [0.4, 0.5) is 5.69 Å². The summed E-state index contributed by atoms with van der Waals surface area (Å²) in [5, 5.41) is 0. The Labute approximate surface area is 122 Å². The van der Waals surface area contributed by atoms with Crippen LogP contribution in [0.25, 0.3) is 0 Å². The molecule has 0 aromatic heterocycles. The van der Waals surface area contributed by atoms with Gasteiger partial charge in [-0.1, -0.05) is 12.1 Å². The van der Waals surface area contributed by atoms with Gasteiger partial charge in [-0.2, -0.15) is 0 Å². The lowest BCUT2D eigenvalue weighted by Crippen LogP contribution is -2.37. The topological polar surface area (TPSA) is 38.5 Å². The summed E-state index contributed by atoms with van der Waals surface area (Å²) in [7, 11) is 2.23. The number of nitrogen functional groups attached to an aromatic ring is 1. The molecule has 1 aliphatic heterocycles. The first-order valence-corrected chi connectivity index (χ1v) is 7.84. The maximum atomic E-state index is 5.85. The molecule has 1 saturated carbocycles. The molecule has 1 unspecified atom stereocenters. The van der Waals surface area contributed by atoms with Crippen molar-refractivity contribution in [2.24, 2.45) is 0 Å². The minimum atomic E-state index is 0.372. The van der Waals surface area contributed by atoms with E-state index in [9.17, 15) is 0 Å². The minimum absolute atomic E-state index is 0.372. The van der Waals surface area contributed by atoms with Gasteiger partial charge in [0.1, 0.15) is 0 Å². The summed E-state index contributed by atoms with van der Waals surface area (Å²) in [6, 6.07) is 8.46. The fourth-order valence-corrected chi connectivity index (χ4v) is 3.41. The number of hydrogen-bond acceptors (Lipinski definition) is 3. The molecule has 0 amide bonds. The van der Waals surface area contributed by atoms with E-state index in [-0.39, 0.29) is 0 Å². The van der Waals surface area contributed by atoms with Gasteiger partial charge in [0, 0.05) is 30.8 Å². The molecule has 0 spiro atoms. The van der Waals surface area contributed by atoms with E-state index in [1.807, 2.05) is 12.1 Å². The number of benzene rings is 1. The molecule has 20 heavy (non-hydrogen) atoms. The number of nitrogens with zero attached hydrogens (tertiary/aromatic N) is 1. The van der Waals surface area contributed by atoms with Crippen LogP contribution in [-0.4, -0.2) is 37.7 Å². The van der Waals surface area contributed by atoms with Crippen molar-refractivity contribution >= 4 is 5.69 Å². The van der Waals surface area contributed by atoms with Crippen molar-refractivity contribution in [1.82, 2.24) is 4.90 Å². The molecule has 1 saturated heterocycles. The molecule has 2 fully saturated rings. The summed E-state index contributed by atoms with van der Waals surface area (Å²) in [6.07, 6.45) is 6.81. The zero-order valence-corrected chi connectivity index (χ0v) is 12.5. The predicted molar refractivity (Wildman–Crippen MR) is 82.9 cm³/mol. The largest absolute Gasteiger partial charge is 0.399 e. The van der Waals surface area contributed by atoms with Crippen molar-refractivity contribution in [2.75, 3.05) is 32.5 Å².